The molecule has 2 aromatic carbocycles. The number of nitrogens with zero attached hydrogens (tertiary/aromatic N) is 2. The first kappa shape index (κ1) is 23.6. The second-order valence-electron chi connectivity index (χ2n) is 10.4. The maximum absolute atomic E-state index is 15.6. The number of hydrogen-bond donors (Lipinski definition) is 3. The van der Waals surface area contributed by atoms with E-state index >= 15 is 4.39 Å². The summed E-state index contributed by atoms with van der Waals surface area (Å²) in [5.41, 5.74) is 7.31. The fourth-order valence-electron chi connectivity index (χ4n) is 6.40. The van der Waals surface area contributed by atoms with Gasteiger partial charge in [-0.3, -0.25) is 4.79 Å². The molecule has 1 aromatic heterocycles. The van der Waals surface area contributed by atoms with Crippen molar-refractivity contribution in [2.75, 3.05) is 42.2 Å². The lowest BCUT2D eigenvalue weighted by atomic mass is 9.93. The minimum atomic E-state index is -1.35. The molecular weight excluding hydrogens is 475 g/mol. The second-order valence-corrected chi connectivity index (χ2v) is 10.4. The predicted molar refractivity (Wildman–Crippen MR) is 142 cm³/mol. The van der Waals surface area contributed by atoms with E-state index in [0.29, 0.717) is 18.7 Å². The number of anilines is 3. The third-order valence-electron chi connectivity index (χ3n) is 8.25. The Morgan fingerprint density at radius 1 is 1.22 bits per heavy atom. The summed E-state index contributed by atoms with van der Waals surface area (Å²) in [4.78, 5) is 27.4. The first-order valence-electron chi connectivity index (χ1n) is 13.0. The van der Waals surface area contributed by atoms with Crippen LogP contribution in [-0.4, -0.2) is 41.9 Å². The summed E-state index contributed by atoms with van der Waals surface area (Å²) in [6.07, 6.45) is 7.88. The van der Waals surface area contributed by atoms with Crippen molar-refractivity contribution in [2.45, 2.75) is 50.5 Å². The Labute approximate surface area is 213 Å². The normalized spacial score (nSPS) is 17.6. The lowest BCUT2D eigenvalue weighted by Gasteiger charge is -2.39. The van der Waals surface area contributed by atoms with Gasteiger partial charge in [0.1, 0.15) is 17.9 Å². The molecule has 1 fully saturated rings. The van der Waals surface area contributed by atoms with Gasteiger partial charge < -0.3 is 30.4 Å². The number of ether oxygens (including phenoxy) is 1. The Morgan fingerprint density at radius 2 is 2.00 bits per heavy atom. The van der Waals surface area contributed by atoms with Gasteiger partial charge in [0, 0.05) is 31.5 Å². The summed E-state index contributed by atoms with van der Waals surface area (Å²) in [7, 11) is 0. The number of benzene rings is 2. The number of aromatic carboxylic acids is 1. The summed E-state index contributed by atoms with van der Waals surface area (Å²) < 4.78 is 23.6. The van der Waals surface area contributed by atoms with E-state index in [-0.39, 0.29) is 22.5 Å². The molecule has 3 heterocycles. The van der Waals surface area contributed by atoms with Gasteiger partial charge in [-0.15, -0.1) is 0 Å². The second kappa shape index (κ2) is 8.97. The number of halogens is 1. The molecule has 0 atom stereocenters. The molecule has 0 unspecified atom stereocenters. The number of carbonyl (C=O) groups is 1. The van der Waals surface area contributed by atoms with Crippen LogP contribution in [0.3, 0.4) is 0 Å². The zero-order chi connectivity index (χ0) is 25.7. The van der Waals surface area contributed by atoms with Crippen LogP contribution in [0, 0.1) is 5.82 Å². The fraction of sp³-hybridized carbons (Fsp3) is 0.429. The van der Waals surface area contributed by atoms with E-state index in [4.69, 9.17) is 10.5 Å². The smallest absolute Gasteiger partial charge is 0.341 e. The van der Waals surface area contributed by atoms with E-state index in [1.165, 1.54) is 17.4 Å². The van der Waals surface area contributed by atoms with Gasteiger partial charge in [-0.1, -0.05) is 31.0 Å². The van der Waals surface area contributed by atoms with Crippen molar-refractivity contribution in [1.29, 1.82) is 0 Å². The van der Waals surface area contributed by atoms with Crippen LogP contribution in [0.2, 0.25) is 0 Å². The lowest BCUT2D eigenvalue weighted by Crippen LogP contribution is -2.42. The van der Waals surface area contributed by atoms with Crippen LogP contribution in [0.5, 0.6) is 5.75 Å². The largest absolute Gasteiger partial charge is 0.487 e. The van der Waals surface area contributed by atoms with Gasteiger partial charge in [-0.05, 0) is 43.7 Å². The number of pyridine rings is 1. The number of nitrogen functional groups attached to an aromatic ring is 1. The van der Waals surface area contributed by atoms with Crippen molar-refractivity contribution in [3.8, 4) is 5.75 Å². The average Bonchev–Trinajstić information content (AvgIpc) is 3.37. The highest BCUT2D eigenvalue weighted by atomic mass is 19.1. The third kappa shape index (κ3) is 3.70. The summed E-state index contributed by atoms with van der Waals surface area (Å²) in [5.74, 6) is -1.89. The number of nitrogens with two attached hydrogens (primary N) is 1. The molecule has 2 aliphatic heterocycles. The van der Waals surface area contributed by atoms with Gasteiger partial charge in [-0.2, -0.15) is 0 Å². The SMILES string of the molecule is Nc1c(F)c(NCCCN2CCCc3ccccc32)c2c3c1c(=O)c(C(=O)O)cn3C1(CCCC1)CO2. The number of hydrogen-bond acceptors (Lipinski definition) is 6. The van der Waals surface area contributed by atoms with Gasteiger partial charge >= 0.3 is 5.97 Å². The van der Waals surface area contributed by atoms with Crippen LogP contribution in [0.1, 0.15) is 54.4 Å². The van der Waals surface area contributed by atoms with Gasteiger partial charge in [0.15, 0.2) is 11.6 Å². The maximum Gasteiger partial charge on any atom is 0.341 e. The quantitative estimate of drug-likeness (QED) is 0.337. The molecule has 6 rings (SSSR count). The van der Waals surface area contributed by atoms with Crippen molar-refractivity contribution in [2.24, 2.45) is 0 Å². The van der Waals surface area contributed by atoms with Crippen LogP contribution >= 0.6 is 0 Å². The summed E-state index contributed by atoms with van der Waals surface area (Å²) in [5, 5.41) is 12.8. The predicted octanol–water partition coefficient (Wildman–Crippen LogP) is 4.34. The molecule has 194 valence electrons. The minimum Gasteiger partial charge on any atom is -0.487 e. The van der Waals surface area contributed by atoms with Crippen LogP contribution < -0.4 is 26.1 Å². The molecule has 4 N–H and O–H groups in total. The maximum atomic E-state index is 15.6. The number of nitrogens with one attached hydrogen (secondary N) is 1. The third-order valence-corrected chi connectivity index (χ3v) is 8.25. The van der Waals surface area contributed by atoms with Crippen molar-refractivity contribution >= 4 is 33.9 Å². The van der Waals surface area contributed by atoms with Crippen LogP contribution in [0.15, 0.2) is 35.3 Å². The van der Waals surface area contributed by atoms with E-state index in [1.807, 2.05) is 4.57 Å². The Kier molecular flexibility index (Phi) is 5.73. The molecular formula is C28H31FN4O4. The average molecular weight is 507 g/mol. The zero-order valence-corrected chi connectivity index (χ0v) is 20.7. The highest BCUT2D eigenvalue weighted by Crippen LogP contribution is 2.48. The Balaban J connectivity index is 1.34. The Bertz CT molecular complexity index is 1460. The van der Waals surface area contributed by atoms with E-state index in [2.05, 4.69) is 34.5 Å². The summed E-state index contributed by atoms with van der Waals surface area (Å²) in [6.45, 7) is 2.59. The number of fused-ring (bicyclic) bond motifs is 2. The molecule has 0 saturated heterocycles. The number of carboxylic acid groups (broad SMARTS) is 1. The van der Waals surface area contributed by atoms with Crippen molar-refractivity contribution in [3.63, 3.8) is 0 Å². The van der Waals surface area contributed by atoms with E-state index in [0.717, 1.165) is 58.0 Å². The molecule has 37 heavy (non-hydrogen) atoms. The lowest BCUT2D eigenvalue weighted by molar-refractivity contribution is 0.0692. The highest BCUT2D eigenvalue weighted by molar-refractivity contribution is 6.03. The number of rotatable bonds is 6. The van der Waals surface area contributed by atoms with Crippen molar-refractivity contribution in [3.05, 3.63) is 57.6 Å². The molecule has 0 bridgehead atoms. The Morgan fingerprint density at radius 3 is 2.78 bits per heavy atom. The molecule has 9 heteroatoms. The Hall–Kier alpha value is -3.75. The first-order chi connectivity index (χ1) is 17.9. The van der Waals surface area contributed by atoms with Gasteiger partial charge in [0.25, 0.3) is 0 Å². The number of carboxylic acids is 1. The first-order valence-corrected chi connectivity index (χ1v) is 13.0. The molecule has 0 amide bonds. The molecule has 3 aliphatic rings. The summed E-state index contributed by atoms with van der Waals surface area (Å²) >= 11 is 0. The highest BCUT2D eigenvalue weighted by Gasteiger charge is 2.43. The van der Waals surface area contributed by atoms with Gasteiger partial charge in [-0.25, -0.2) is 9.18 Å². The molecule has 8 nitrogen and oxygen atoms in total. The van der Waals surface area contributed by atoms with Crippen LogP contribution in [-0.2, 0) is 12.0 Å². The molecule has 1 spiro atoms. The number of para-hydroxylation sites is 1. The van der Waals surface area contributed by atoms with E-state index < -0.39 is 28.3 Å². The van der Waals surface area contributed by atoms with Crippen LogP contribution in [0.25, 0.3) is 10.9 Å². The monoisotopic (exact) mass is 506 g/mol. The number of aryl methyl sites for hydroxylation is 1. The zero-order valence-electron chi connectivity index (χ0n) is 20.7. The van der Waals surface area contributed by atoms with Gasteiger partial charge in [0.2, 0.25) is 5.43 Å². The molecule has 3 aromatic rings. The topological polar surface area (TPSA) is 110 Å². The van der Waals surface area contributed by atoms with Crippen molar-refractivity contribution < 1.29 is 19.0 Å². The number of aromatic nitrogens is 1. The molecule has 1 aliphatic carbocycles. The summed E-state index contributed by atoms with van der Waals surface area (Å²) in [6, 6.07) is 8.43. The minimum absolute atomic E-state index is 0.117. The van der Waals surface area contributed by atoms with E-state index in [1.54, 1.807) is 0 Å². The van der Waals surface area contributed by atoms with E-state index in [9.17, 15) is 14.7 Å². The van der Waals surface area contributed by atoms with Crippen LogP contribution in [0.4, 0.5) is 21.5 Å². The van der Waals surface area contributed by atoms with Crippen molar-refractivity contribution in [1.82, 2.24) is 4.57 Å². The standard InChI is InChI=1S/C28H31FN4O4/c29-21-22(30)20-24-26(23(21)31-12-6-14-32-13-5-8-17-7-1-2-9-19(17)32)37-16-28(10-3-4-11-28)33(24)15-18(25(20)34)27(35)36/h1-2,7,9,15,31H,3-6,8,10-14,16,30H2,(H,35,36). The fourth-order valence-corrected chi connectivity index (χ4v) is 6.40. The van der Waals surface area contributed by atoms with Gasteiger partial charge in [0.05, 0.1) is 22.1 Å². The molecule has 1 saturated carbocycles. The molecule has 0 radical (unpaired) electrons.